The van der Waals surface area contributed by atoms with Gasteiger partial charge in [-0.3, -0.25) is 9.59 Å². The number of ketones is 1. The number of fused-ring (bicyclic) bond motifs is 1. The molecule has 1 aliphatic rings. The number of amides is 1. The molecule has 1 aliphatic carbocycles. The molecule has 2 heterocycles. The van der Waals surface area contributed by atoms with Gasteiger partial charge in [-0.05, 0) is 36.1 Å². The van der Waals surface area contributed by atoms with Gasteiger partial charge in [0.05, 0.1) is 5.69 Å². The maximum Gasteiger partial charge on any atom is 0.228 e. The summed E-state index contributed by atoms with van der Waals surface area (Å²) in [5, 5.41) is 2.86. The van der Waals surface area contributed by atoms with Crippen molar-refractivity contribution in [1.82, 2.24) is 9.97 Å². The van der Waals surface area contributed by atoms with E-state index < -0.39 is 0 Å². The van der Waals surface area contributed by atoms with E-state index in [0.29, 0.717) is 18.7 Å². The molecule has 0 fully saturated rings. The van der Waals surface area contributed by atoms with Crippen LogP contribution < -0.4 is 5.32 Å². The standard InChI is InChI=1S/C24H25N3O2/c1-15(2)24(29)27-21-14-17(11-12-25-21)23-18(13-16-7-4-3-5-8-16)22-19(26-23)9-6-10-20(22)28/h3-5,7-8,11-12,14-15,26H,6,9-10,13H2,1-2H3,(H,25,27,29). The number of nitrogens with zero attached hydrogens (tertiary/aromatic N) is 1. The second-order valence-electron chi connectivity index (χ2n) is 7.84. The number of nitrogens with one attached hydrogen (secondary N) is 2. The van der Waals surface area contributed by atoms with E-state index >= 15 is 0 Å². The summed E-state index contributed by atoms with van der Waals surface area (Å²) in [7, 11) is 0. The lowest BCUT2D eigenvalue weighted by molar-refractivity contribution is -0.118. The molecular weight excluding hydrogens is 362 g/mol. The number of carbonyl (C=O) groups is 2. The quantitative estimate of drug-likeness (QED) is 0.661. The first-order valence-corrected chi connectivity index (χ1v) is 10.1. The van der Waals surface area contributed by atoms with Crippen LogP contribution in [0.25, 0.3) is 11.3 Å². The minimum Gasteiger partial charge on any atom is -0.358 e. The monoisotopic (exact) mass is 387 g/mol. The van der Waals surface area contributed by atoms with Crippen molar-refractivity contribution in [3.63, 3.8) is 0 Å². The van der Waals surface area contributed by atoms with Crippen molar-refractivity contribution in [1.29, 1.82) is 0 Å². The average Bonchev–Trinajstić information content (AvgIpc) is 3.08. The van der Waals surface area contributed by atoms with Crippen molar-refractivity contribution in [3.8, 4) is 11.3 Å². The Balaban J connectivity index is 1.77. The Kier molecular flexibility index (Phi) is 5.30. The molecule has 0 bridgehead atoms. The minimum absolute atomic E-state index is 0.0693. The zero-order chi connectivity index (χ0) is 20.4. The molecule has 1 amide bonds. The topological polar surface area (TPSA) is 74.8 Å². The molecule has 5 heteroatoms. The molecule has 148 valence electrons. The summed E-state index contributed by atoms with van der Waals surface area (Å²) >= 11 is 0. The summed E-state index contributed by atoms with van der Waals surface area (Å²) < 4.78 is 0. The molecular formula is C24H25N3O2. The number of carbonyl (C=O) groups excluding carboxylic acids is 2. The highest BCUT2D eigenvalue weighted by Gasteiger charge is 2.26. The number of rotatable bonds is 5. The molecule has 0 saturated carbocycles. The molecule has 0 radical (unpaired) electrons. The molecule has 1 aromatic carbocycles. The van der Waals surface area contributed by atoms with Crippen LogP contribution in [0.15, 0.2) is 48.7 Å². The number of aromatic amines is 1. The molecule has 4 rings (SSSR count). The summed E-state index contributed by atoms with van der Waals surface area (Å²) in [6.07, 6.45) is 4.73. The molecule has 2 N–H and O–H groups in total. The van der Waals surface area contributed by atoms with Crippen LogP contribution >= 0.6 is 0 Å². The fourth-order valence-electron chi connectivity index (χ4n) is 3.82. The van der Waals surface area contributed by atoms with Crippen LogP contribution in [0.4, 0.5) is 5.82 Å². The Morgan fingerprint density at radius 2 is 1.97 bits per heavy atom. The lowest BCUT2D eigenvalue weighted by atomic mass is 9.90. The Bertz CT molecular complexity index is 1050. The number of hydrogen-bond acceptors (Lipinski definition) is 3. The third kappa shape index (κ3) is 3.99. The van der Waals surface area contributed by atoms with Crippen LogP contribution in [0, 0.1) is 5.92 Å². The van der Waals surface area contributed by atoms with Gasteiger partial charge in [0.15, 0.2) is 5.78 Å². The third-order valence-corrected chi connectivity index (χ3v) is 5.34. The highest BCUT2D eigenvalue weighted by Crippen LogP contribution is 2.35. The summed E-state index contributed by atoms with van der Waals surface area (Å²) in [6, 6.07) is 14.0. The number of H-pyrrole nitrogens is 1. The number of aromatic nitrogens is 2. The van der Waals surface area contributed by atoms with Crippen LogP contribution in [0.2, 0.25) is 0 Å². The summed E-state index contributed by atoms with van der Waals surface area (Å²) in [6.45, 7) is 3.70. The molecule has 5 nitrogen and oxygen atoms in total. The molecule has 29 heavy (non-hydrogen) atoms. The van der Waals surface area contributed by atoms with Crippen LogP contribution in [-0.4, -0.2) is 21.7 Å². The van der Waals surface area contributed by atoms with Crippen molar-refractivity contribution in [3.05, 3.63) is 71.0 Å². The van der Waals surface area contributed by atoms with Gasteiger partial charge in [0.25, 0.3) is 0 Å². The van der Waals surface area contributed by atoms with Gasteiger partial charge in [0.2, 0.25) is 5.91 Å². The SMILES string of the molecule is CC(C)C(=O)Nc1cc(-c2[nH]c3c(c2Cc2ccccc2)C(=O)CCC3)ccn1. The smallest absolute Gasteiger partial charge is 0.228 e. The summed E-state index contributed by atoms with van der Waals surface area (Å²) in [5.41, 5.74) is 5.93. The number of pyridine rings is 1. The van der Waals surface area contributed by atoms with E-state index in [2.05, 4.69) is 27.4 Å². The Morgan fingerprint density at radius 1 is 1.17 bits per heavy atom. The molecule has 0 aliphatic heterocycles. The number of benzene rings is 1. The summed E-state index contributed by atoms with van der Waals surface area (Å²) in [4.78, 5) is 32.6. The predicted octanol–water partition coefficient (Wildman–Crippen LogP) is 4.78. The van der Waals surface area contributed by atoms with Gasteiger partial charge in [-0.1, -0.05) is 44.2 Å². The molecule has 0 atom stereocenters. The van der Waals surface area contributed by atoms with Gasteiger partial charge in [-0.2, -0.15) is 0 Å². The van der Waals surface area contributed by atoms with E-state index in [9.17, 15) is 9.59 Å². The second-order valence-corrected chi connectivity index (χ2v) is 7.84. The van der Waals surface area contributed by atoms with Crippen molar-refractivity contribution in [2.75, 3.05) is 5.32 Å². The van der Waals surface area contributed by atoms with E-state index in [-0.39, 0.29) is 17.6 Å². The maximum atomic E-state index is 12.7. The Labute approximate surface area is 170 Å². The average molecular weight is 387 g/mol. The third-order valence-electron chi connectivity index (χ3n) is 5.34. The van der Waals surface area contributed by atoms with Crippen LogP contribution in [0.3, 0.4) is 0 Å². The highest BCUT2D eigenvalue weighted by atomic mass is 16.2. The van der Waals surface area contributed by atoms with E-state index in [1.807, 2.05) is 44.2 Å². The van der Waals surface area contributed by atoms with E-state index in [0.717, 1.165) is 46.5 Å². The maximum absolute atomic E-state index is 12.7. The van der Waals surface area contributed by atoms with Crippen LogP contribution in [-0.2, 0) is 17.6 Å². The first kappa shape index (κ1) is 19.1. The molecule has 3 aromatic rings. The van der Waals surface area contributed by atoms with E-state index in [4.69, 9.17) is 0 Å². The lowest BCUT2D eigenvalue weighted by Crippen LogP contribution is -2.18. The van der Waals surface area contributed by atoms with Crippen molar-refractivity contribution in [2.45, 2.75) is 39.5 Å². The molecule has 2 aromatic heterocycles. The number of hydrogen-bond donors (Lipinski definition) is 2. The van der Waals surface area contributed by atoms with Crippen molar-refractivity contribution >= 4 is 17.5 Å². The van der Waals surface area contributed by atoms with Gasteiger partial charge < -0.3 is 10.3 Å². The van der Waals surface area contributed by atoms with Crippen LogP contribution in [0.1, 0.15) is 53.9 Å². The highest BCUT2D eigenvalue weighted by molar-refractivity contribution is 6.01. The molecule has 0 spiro atoms. The van der Waals surface area contributed by atoms with Crippen molar-refractivity contribution in [2.24, 2.45) is 5.92 Å². The van der Waals surface area contributed by atoms with Gasteiger partial charge in [-0.15, -0.1) is 0 Å². The minimum atomic E-state index is -0.121. The number of aryl methyl sites for hydroxylation is 1. The normalized spacial score (nSPS) is 13.4. The zero-order valence-corrected chi connectivity index (χ0v) is 16.8. The fourth-order valence-corrected chi connectivity index (χ4v) is 3.82. The van der Waals surface area contributed by atoms with E-state index in [1.165, 1.54) is 0 Å². The number of anilines is 1. The summed E-state index contributed by atoms with van der Waals surface area (Å²) in [5.74, 6) is 0.539. The predicted molar refractivity (Wildman–Crippen MR) is 114 cm³/mol. The zero-order valence-electron chi connectivity index (χ0n) is 16.8. The van der Waals surface area contributed by atoms with Gasteiger partial charge >= 0.3 is 0 Å². The first-order valence-electron chi connectivity index (χ1n) is 10.1. The largest absolute Gasteiger partial charge is 0.358 e. The van der Waals surface area contributed by atoms with Gasteiger partial charge in [0, 0.05) is 41.8 Å². The van der Waals surface area contributed by atoms with Crippen LogP contribution in [0.5, 0.6) is 0 Å². The first-order chi connectivity index (χ1) is 14.0. The Morgan fingerprint density at radius 3 is 2.72 bits per heavy atom. The second kappa shape index (κ2) is 8.03. The van der Waals surface area contributed by atoms with E-state index in [1.54, 1.807) is 6.20 Å². The molecule has 0 unspecified atom stereocenters. The number of Topliss-reactive ketones (excluding diaryl/α,β-unsaturated/α-hetero) is 1. The fraction of sp³-hybridized carbons (Fsp3) is 0.292. The van der Waals surface area contributed by atoms with Gasteiger partial charge in [0.1, 0.15) is 5.82 Å². The lowest BCUT2D eigenvalue weighted by Gasteiger charge is -2.12. The molecule has 0 saturated heterocycles. The van der Waals surface area contributed by atoms with Crippen molar-refractivity contribution < 1.29 is 9.59 Å². The Hall–Kier alpha value is -3.21. The van der Waals surface area contributed by atoms with Gasteiger partial charge in [-0.25, -0.2) is 4.98 Å².